The lowest BCUT2D eigenvalue weighted by molar-refractivity contribution is 0.323. The van der Waals surface area contributed by atoms with Gasteiger partial charge in [0.25, 0.3) is 0 Å². The van der Waals surface area contributed by atoms with E-state index in [0.717, 1.165) is 12.5 Å². The van der Waals surface area contributed by atoms with E-state index in [1.54, 1.807) is 4.88 Å². The van der Waals surface area contributed by atoms with Gasteiger partial charge in [0.1, 0.15) is 0 Å². The van der Waals surface area contributed by atoms with Crippen LogP contribution in [0.15, 0.2) is 6.07 Å². The first-order valence-corrected chi connectivity index (χ1v) is 8.25. The third kappa shape index (κ3) is 4.10. The van der Waals surface area contributed by atoms with Crippen molar-refractivity contribution in [3.8, 4) is 0 Å². The van der Waals surface area contributed by atoms with Crippen molar-refractivity contribution in [1.29, 1.82) is 0 Å². The van der Waals surface area contributed by atoms with Crippen molar-refractivity contribution >= 4 is 11.3 Å². The largest absolute Gasteiger partial charge is 0.309 e. The molecule has 104 valence electrons. The van der Waals surface area contributed by atoms with Crippen molar-refractivity contribution in [2.45, 2.75) is 66.3 Å². The van der Waals surface area contributed by atoms with Crippen molar-refractivity contribution in [3.05, 3.63) is 21.4 Å². The maximum absolute atomic E-state index is 3.73. The Bertz CT molecular complexity index is 337. The summed E-state index contributed by atoms with van der Waals surface area (Å²) >= 11 is 1.98. The fourth-order valence-electron chi connectivity index (χ4n) is 2.88. The summed E-state index contributed by atoms with van der Waals surface area (Å²) in [5.74, 6) is 0.789. The summed E-state index contributed by atoms with van der Waals surface area (Å²) in [6, 6.07) is 2.90. The van der Waals surface area contributed by atoms with Crippen molar-refractivity contribution in [2.24, 2.45) is 5.92 Å². The van der Waals surface area contributed by atoms with Crippen LogP contribution in [0.2, 0.25) is 0 Å². The summed E-state index contributed by atoms with van der Waals surface area (Å²) in [5.41, 5.74) is 1.47. The Hall–Kier alpha value is -0.340. The van der Waals surface area contributed by atoms with Crippen LogP contribution in [0.3, 0.4) is 0 Å². The van der Waals surface area contributed by atoms with Gasteiger partial charge in [-0.1, -0.05) is 33.6 Å². The number of thiophene rings is 1. The molecule has 0 radical (unpaired) electrons. The van der Waals surface area contributed by atoms with Gasteiger partial charge < -0.3 is 5.32 Å². The van der Waals surface area contributed by atoms with Crippen LogP contribution in [0.5, 0.6) is 0 Å². The average Bonchev–Trinajstić information content (AvgIpc) is 2.65. The van der Waals surface area contributed by atoms with E-state index in [9.17, 15) is 0 Å². The fraction of sp³-hybridized carbons (Fsp3) is 0.750. The molecular weight excluding hydrogens is 238 g/mol. The molecule has 0 amide bonds. The van der Waals surface area contributed by atoms with Crippen LogP contribution in [0, 0.1) is 19.8 Å². The number of nitrogens with one attached hydrogen (secondary N) is 1. The second kappa shape index (κ2) is 7.96. The van der Waals surface area contributed by atoms with Crippen LogP contribution in [0.1, 0.15) is 67.8 Å². The SMILES string of the molecule is CCCC(CCC)C(NCC)c1sc(C)cc1C. The highest BCUT2D eigenvalue weighted by Crippen LogP contribution is 2.36. The molecule has 1 atom stereocenters. The lowest BCUT2D eigenvalue weighted by Crippen LogP contribution is -2.28. The predicted octanol–water partition coefficient (Wildman–Crippen LogP) is 5.23. The highest BCUT2D eigenvalue weighted by Gasteiger charge is 2.24. The Morgan fingerprint density at radius 3 is 2.11 bits per heavy atom. The molecule has 0 bridgehead atoms. The third-order valence-electron chi connectivity index (χ3n) is 3.58. The van der Waals surface area contributed by atoms with Crippen LogP contribution in [0.25, 0.3) is 0 Å². The summed E-state index contributed by atoms with van der Waals surface area (Å²) in [5, 5.41) is 3.73. The molecule has 1 N–H and O–H groups in total. The minimum Gasteiger partial charge on any atom is -0.309 e. The summed E-state index contributed by atoms with van der Waals surface area (Å²) in [6.45, 7) is 12.4. The first-order chi connectivity index (χ1) is 8.63. The lowest BCUT2D eigenvalue weighted by atomic mass is 9.88. The molecule has 0 fully saturated rings. The van der Waals surface area contributed by atoms with Gasteiger partial charge in [-0.05, 0) is 50.8 Å². The monoisotopic (exact) mass is 267 g/mol. The van der Waals surface area contributed by atoms with Crippen LogP contribution in [-0.2, 0) is 0 Å². The average molecular weight is 267 g/mol. The highest BCUT2D eigenvalue weighted by atomic mass is 32.1. The molecule has 0 spiro atoms. The molecule has 0 aliphatic carbocycles. The van der Waals surface area contributed by atoms with Crippen molar-refractivity contribution in [1.82, 2.24) is 5.32 Å². The van der Waals surface area contributed by atoms with Gasteiger partial charge in [-0.2, -0.15) is 0 Å². The van der Waals surface area contributed by atoms with Crippen molar-refractivity contribution in [2.75, 3.05) is 6.54 Å². The van der Waals surface area contributed by atoms with E-state index in [4.69, 9.17) is 0 Å². The second-order valence-corrected chi connectivity index (χ2v) is 6.56. The normalized spacial score (nSPS) is 13.2. The highest BCUT2D eigenvalue weighted by molar-refractivity contribution is 7.12. The molecule has 0 saturated carbocycles. The zero-order valence-electron chi connectivity index (χ0n) is 12.7. The summed E-state index contributed by atoms with van der Waals surface area (Å²) in [4.78, 5) is 3.01. The molecule has 18 heavy (non-hydrogen) atoms. The molecule has 0 aromatic carbocycles. The van der Waals surface area contributed by atoms with Gasteiger partial charge in [0.05, 0.1) is 0 Å². The summed E-state index contributed by atoms with van der Waals surface area (Å²) < 4.78 is 0. The van der Waals surface area contributed by atoms with Gasteiger partial charge >= 0.3 is 0 Å². The van der Waals surface area contributed by atoms with Crippen LogP contribution < -0.4 is 5.32 Å². The molecule has 1 aromatic heterocycles. The Morgan fingerprint density at radius 2 is 1.72 bits per heavy atom. The number of hydrogen-bond donors (Lipinski definition) is 1. The first kappa shape index (κ1) is 15.7. The van der Waals surface area contributed by atoms with E-state index in [1.165, 1.54) is 36.1 Å². The van der Waals surface area contributed by atoms with Gasteiger partial charge in [0.15, 0.2) is 0 Å². The summed E-state index contributed by atoms with van der Waals surface area (Å²) in [7, 11) is 0. The van der Waals surface area contributed by atoms with Gasteiger partial charge in [-0.15, -0.1) is 11.3 Å². The molecule has 0 aliphatic heterocycles. The van der Waals surface area contributed by atoms with Crippen molar-refractivity contribution in [3.63, 3.8) is 0 Å². The smallest absolute Gasteiger partial charge is 0.0446 e. The van der Waals surface area contributed by atoms with E-state index in [0.29, 0.717) is 6.04 Å². The topological polar surface area (TPSA) is 12.0 Å². The number of aryl methyl sites for hydroxylation is 2. The van der Waals surface area contributed by atoms with E-state index >= 15 is 0 Å². The zero-order chi connectivity index (χ0) is 13.5. The molecule has 1 rings (SSSR count). The second-order valence-electron chi connectivity index (χ2n) is 5.28. The number of hydrogen-bond acceptors (Lipinski definition) is 2. The van der Waals surface area contributed by atoms with E-state index in [2.05, 4.69) is 46.0 Å². The van der Waals surface area contributed by atoms with E-state index in [1.807, 2.05) is 11.3 Å². The van der Waals surface area contributed by atoms with Gasteiger partial charge in [-0.3, -0.25) is 0 Å². The van der Waals surface area contributed by atoms with Crippen LogP contribution >= 0.6 is 11.3 Å². The maximum Gasteiger partial charge on any atom is 0.0446 e. The Morgan fingerprint density at radius 1 is 1.11 bits per heavy atom. The van der Waals surface area contributed by atoms with Gasteiger partial charge in [0, 0.05) is 15.8 Å². The standard InChI is InChI=1S/C16H29NS/c1-6-9-14(10-7-2)15(17-8-3)16-12(4)11-13(5)18-16/h11,14-15,17H,6-10H2,1-5H3. The fourth-order valence-corrected chi connectivity index (χ4v) is 4.09. The van der Waals surface area contributed by atoms with Crippen LogP contribution in [0.4, 0.5) is 0 Å². The quantitative estimate of drug-likeness (QED) is 0.680. The molecule has 2 heteroatoms. The minimum absolute atomic E-state index is 0.564. The van der Waals surface area contributed by atoms with Gasteiger partial charge in [-0.25, -0.2) is 0 Å². The predicted molar refractivity (Wildman–Crippen MR) is 83.5 cm³/mol. The van der Waals surface area contributed by atoms with Gasteiger partial charge in [0.2, 0.25) is 0 Å². The Labute approximate surface area is 117 Å². The molecule has 1 unspecified atom stereocenters. The molecule has 1 nitrogen and oxygen atoms in total. The maximum atomic E-state index is 3.73. The zero-order valence-corrected chi connectivity index (χ0v) is 13.5. The Kier molecular flexibility index (Phi) is 6.95. The Balaban J connectivity index is 2.94. The summed E-state index contributed by atoms with van der Waals surface area (Å²) in [6.07, 6.45) is 5.25. The van der Waals surface area contributed by atoms with E-state index in [-0.39, 0.29) is 0 Å². The number of rotatable bonds is 8. The van der Waals surface area contributed by atoms with Crippen LogP contribution in [-0.4, -0.2) is 6.54 Å². The molecule has 0 aliphatic rings. The molecule has 1 aromatic rings. The molecular formula is C16H29NS. The molecule has 0 saturated heterocycles. The molecule has 1 heterocycles. The first-order valence-electron chi connectivity index (χ1n) is 7.44. The van der Waals surface area contributed by atoms with Crippen molar-refractivity contribution < 1.29 is 0 Å². The third-order valence-corrected chi connectivity index (χ3v) is 4.81. The lowest BCUT2D eigenvalue weighted by Gasteiger charge is -2.27. The van der Waals surface area contributed by atoms with E-state index < -0.39 is 0 Å². The minimum atomic E-state index is 0.564.